The second-order valence-corrected chi connectivity index (χ2v) is 13.6. The zero-order chi connectivity index (χ0) is 32.5. The summed E-state index contributed by atoms with van der Waals surface area (Å²) in [5.74, 6) is 1.50. The van der Waals surface area contributed by atoms with Gasteiger partial charge >= 0.3 is 15.5 Å². The molecule has 0 amide bonds. The molecule has 1 aliphatic heterocycles. The normalized spacial score (nSPS) is 21.1. The number of aromatic nitrogens is 2. The number of rotatable bonds is 14. The van der Waals surface area contributed by atoms with Crippen LogP contribution in [0.5, 0.6) is 0 Å². The molecule has 2 aromatic heterocycles. The standard InChI is InChI=1S/C30H42F3N7O4S/c1-21-17-35-28(16-25(21)26-4-3-5-27(40-26)36-20-29(19-34)10-13-43-14-11-29)39-24-8-6-23(7-9-24)38-22(2)18-44-15-12-37-45(41,42)30(31,32)33/h3-5,16-17,22-24,37-38H,6-15,18,20H2,1-2H3,(H,35,39)(H,36,40). The maximum Gasteiger partial charge on any atom is 0.511 e. The molecule has 4 N–H and O–H groups in total. The van der Waals surface area contributed by atoms with E-state index in [4.69, 9.17) is 14.5 Å². The molecule has 0 aromatic carbocycles. The van der Waals surface area contributed by atoms with Gasteiger partial charge in [0.25, 0.3) is 0 Å². The van der Waals surface area contributed by atoms with Gasteiger partial charge in [-0.05, 0) is 76.1 Å². The molecule has 1 saturated carbocycles. The molecular formula is C30H42F3N7O4S. The predicted molar refractivity (Wildman–Crippen MR) is 165 cm³/mol. The van der Waals surface area contributed by atoms with E-state index in [9.17, 15) is 26.9 Å². The average Bonchev–Trinajstić information content (AvgIpc) is 3.02. The second-order valence-electron chi connectivity index (χ2n) is 11.8. The molecule has 1 aliphatic carbocycles. The lowest BCUT2D eigenvalue weighted by Gasteiger charge is -2.32. The summed E-state index contributed by atoms with van der Waals surface area (Å²) < 4.78 is 71.4. The van der Waals surface area contributed by atoms with Crippen molar-refractivity contribution in [3.8, 4) is 17.3 Å². The van der Waals surface area contributed by atoms with Gasteiger partial charge in [-0.15, -0.1) is 0 Å². The first-order chi connectivity index (χ1) is 21.4. The van der Waals surface area contributed by atoms with Gasteiger partial charge < -0.3 is 25.4 Å². The van der Waals surface area contributed by atoms with E-state index in [2.05, 4.69) is 27.0 Å². The molecule has 2 fully saturated rings. The highest BCUT2D eigenvalue weighted by Gasteiger charge is 2.45. The van der Waals surface area contributed by atoms with Gasteiger partial charge in [0.15, 0.2) is 0 Å². The largest absolute Gasteiger partial charge is 0.511 e. The fraction of sp³-hybridized carbons (Fsp3) is 0.633. The van der Waals surface area contributed by atoms with Gasteiger partial charge in [-0.2, -0.15) is 18.4 Å². The van der Waals surface area contributed by atoms with Gasteiger partial charge in [0.1, 0.15) is 11.6 Å². The zero-order valence-electron chi connectivity index (χ0n) is 25.6. The Morgan fingerprint density at radius 3 is 2.56 bits per heavy atom. The Hall–Kier alpha value is -3.03. The number of aryl methyl sites for hydroxylation is 1. The van der Waals surface area contributed by atoms with Gasteiger partial charge in [0, 0.05) is 56.2 Å². The molecule has 11 nitrogen and oxygen atoms in total. The first kappa shape index (κ1) is 34.8. The first-order valence-corrected chi connectivity index (χ1v) is 16.7. The van der Waals surface area contributed by atoms with Crippen LogP contribution in [0.4, 0.5) is 24.8 Å². The lowest BCUT2D eigenvalue weighted by molar-refractivity contribution is -0.0449. The van der Waals surface area contributed by atoms with Gasteiger partial charge in [0.05, 0.1) is 30.4 Å². The van der Waals surface area contributed by atoms with Crippen LogP contribution in [-0.2, 0) is 19.5 Å². The van der Waals surface area contributed by atoms with Crippen molar-refractivity contribution in [2.75, 3.05) is 50.2 Å². The number of nitriles is 1. The van der Waals surface area contributed by atoms with E-state index in [1.807, 2.05) is 44.3 Å². The summed E-state index contributed by atoms with van der Waals surface area (Å²) in [6, 6.07) is 10.8. The number of nitrogens with zero attached hydrogens (tertiary/aromatic N) is 3. The van der Waals surface area contributed by atoms with Gasteiger partial charge in [-0.25, -0.2) is 23.1 Å². The number of sulfonamides is 1. The molecule has 1 unspecified atom stereocenters. The number of alkyl halides is 3. The average molecular weight is 654 g/mol. The monoisotopic (exact) mass is 653 g/mol. The SMILES string of the molecule is Cc1cnc(NC2CCC(NC(C)COCCNS(=O)(=O)C(F)(F)F)CC2)cc1-c1cccc(NCC2(C#N)CCOCC2)n1. The highest BCUT2D eigenvalue weighted by Crippen LogP contribution is 2.31. The van der Waals surface area contributed by atoms with Crippen LogP contribution in [0.2, 0.25) is 0 Å². The van der Waals surface area contributed by atoms with Gasteiger partial charge in [-0.3, -0.25) is 0 Å². The van der Waals surface area contributed by atoms with Gasteiger partial charge in [-0.1, -0.05) is 6.07 Å². The Balaban J connectivity index is 1.22. The Morgan fingerprint density at radius 2 is 1.87 bits per heavy atom. The smallest absolute Gasteiger partial charge is 0.381 e. The van der Waals surface area contributed by atoms with Crippen molar-refractivity contribution >= 4 is 21.7 Å². The molecule has 0 spiro atoms. The van der Waals surface area contributed by atoms with Crippen LogP contribution in [0.25, 0.3) is 11.3 Å². The van der Waals surface area contributed by atoms with Crippen LogP contribution >= 0.6 is 0 Å². The van der Waals surface area contributed by atoms with Crippen LogP contribution in [0.3, 0.4) is 0 Å². The molecule has 0 radical (unpaired) electrons. The van der Waals surface area contributed by atoms with Crippen molar-refractivity contribution in [1.82, 2.24) is 20.0 Å². The number of anilines is 2. The van der Waals surface area contributed by atoms with Crippen molar-refractivity contribution in [3.05, 3.63) is 36.0 Å². The van der Waals surface area contributed by atoms with Crippen LogP contribution in [-0.4, -0.2) is 81.5 Å². The number of halogens is 3. The van der Waals surface area contributed by atoms with E-state index in [1.54, 1.807) is 0 Å². The summed E-state index contributed by atoms with van der Waals surface area (Å²) in [6.45, 7) is 5.28. The van der Waals surface area contributed by atoms with Crippen LogP contribution < -0.4 is 20.7 Å². The first-order valence-electron chi connectivity index (χ1n) is 15.2. The lowest BCUT2D eigenvalue weighted by Crippen LogP contribution is -2.43. The fourth-order valence-corrected chi connectivity index (χ4v) is 6.08. The molecule has 4 rings (SSSR count). The third-order valence-electron chi connectivity index (χ3n) is 8.23. The summed E-state index contributed by atoms with van der Waals surface area (Å²) in [7, 11) is -5.35. The van der Waals surface area contributed by atoms with E-state index in [1.165, 1.54) is 4.72 Å². The Labute approximate surface area is 262 Å². The van der Waals surface area contributed by atoms with Crippen molar-refractivity contribution in [2.45, 2.75) is 76.0 Å². The molecule has 1 saturated heterocycles. The molecule has 2 aromatic rings. The number of hydrogen-bond acceptors (Lipinski definition) is 10. The fourth-order valence-electron chi connectivity index (χ4n) is 5.57. The van der Waals surface area contributed by atoms with Crippen LogP contribution in [0.1, 0.15) is 51.0 Å². The predicted octanol–water partition coefficient (Wildman–Crippen LogP) is 4.34. The van der Waals surface area contributed by atoms with Crippen molar-refractivity contribution < 1.29 is 31.1 Å². The maximum atomic E-state index is 12.4. The molecule has 45 heavy (non-hydrogen) atoms. The minimum absolute atomic E-state index is 0.0417. The topological polar surface area (TPSA) is 150 Å². The molecule has 15 heteroatoms. The third kappa shape index (κ3) is 9.98. The molecule has 2 aliphatic rings. The van der Waals surface area contributed by atoms with E-state index in [-0.39, 0.29) is 31.3 Å². The molecular weight excluding hydrogens is 611 g/mol. The zero-order valence-corrected chi connectivity index (χ0v) is 26.4. The summed E-state index contributed by atoms with van der Waals surface area (Å²) in [6.07, 6.45) is 6.96. The third-order valence-corrected chi connectivity index (χ3v) is 9.43. The Kier molecular flexibility index (Phi) is 12.0. The van der Waals surface area contributed by atoms with E-state index in [0.717, 1.165) is 54.1 Å². The number of pyridine rings is 2. The van der Waals surface area contributed by atoms with Crippen molar-refractivity contribution in [3.63, 3.8) is 0 Å². The highest BCUT2D eigenvalue weighted by molar-refractivity contribution is 7.90. The Morgan fingerprint density at radius 1 is 1.16 bits per heavy atom. The minimum atomic E-state index is -5.35. The molecule has 1 atom stereocenters. The highest BCUT2D eigenvalue weighted by atomic mass is 32.2. The lowest BCUT2D eigenvalue weighted by atomic mass is 9.82. The number of hydrogen-bond donors (Lipinski definition) is 4. The quantitative estimate of drug-likeness (QED) is 0.217. The van der Waals surface area contributed by atoms with Crippen LogP contribution in [0.15, 0.2) is 30.5 Å². The van der Waals surface area contributed by atoms with Gasteiger partial charge in [0.2, 0.25) is 0 Å². The Bertz CT molecular complexity index is 1410. The van der Waals surface area contributed by atoms with Crippen molar-refractivity contribution in [1.29, 1.82) is 5.26 Å². The molecule has 0 bridgehead atoms. The summed E-state index contributed by atoms with van der Waals surface area (Å²) >= 11 is 0. The number of ether oxygens (including phenoxy) is 2. The van der Waals surface area contributed by atoms with E-state index in [0.29, 0.717) is 32.6 Å². The van der Waals surface area contributed by atoms with Crippen molar-refractivity contribution in [2.24, 2.45) is 5.41 Å². The molecule has 3 heterocycles. The van der Waals surface area contributed by atoms with E-state index < -0.39 is 27.5 Å². The summed E-state index contributed by atoms with van der Waals surface area (Å²) in [5.41, 5.74) is -2.98. The maximum absolute atomic E-state index is 12.4. The summed E-state index contributed by atoms with van der Waals surface area (Å²) in [4.78, 5) is 9.43. The number of nitrogens with one attached hydrogen (secondary N) is 4. The minimum Gasteiger partial charge on any atom is -0.381 e. The van der Waals surface area contributed by atoms with Crippen LogP contribution in [0, 0.1) is 23.7 Å². The van der Waals surface area contributed by atoms with E-state index >= 15 is 0 Å². The molecule has 248 valence electrons. The second kappa shape index (κ2) is 15.5. The summed E-state index contributed by atoms with van der Waals surface area (Å²) in [5, 5.41) is 20.2.